The highest BCUT2D eigenvalue weighted by Crippen LogP contribution is 2.31. The lowest BCUT2D eigenvalue weighted by Gasteiger charge is -2.26. The second kappa shape index (κ2) is 8.19. The van der Waals surface area contributed by atoms with Crippen LogP contribution in [-0.2, 0) is 12.8 Å². The van der Waals surface area contributed by atoms with Crippen molar-refractivity contribution in [3.05, 3.63) is 51.7 Å². The van der Waals surface area contributed by atoms with E-state index in [2.05, 4.69) is 19.9 Å². The van der Waals surface area contributed by atoms with E-state index in [-0.39, 0.29) is 12.0 Å². The number of ether oxygens (including phenoxy) is 1. The zero-order valence-corrected chi connectivity index (χ0v) is 18.2. The van der Waals surface area contributed by atoms with Crippen LogP contribution in [-0.4, -0.2) is 50.0 Å². The highest BCUT2D eigenvalue weighted by Gasteiger charge is 2.16. The van der Waals surface area contributed by atoms with Gasteiger partial charge in [0.15, 0.2) is 5.43 Å². The van der Waals surface area contributed by atoms with Crippen LogP contribution in [0.4, 0.5) is 0 Å². The fourth-order valence-electron chi connectivity index (χ4n) is 3.51. The van der Waals surface area contributed by atoms with E-state index in [9.17, 15) is 9.90 Å². The van der Waals surface area contributed by atoms with E-state index < -0.39 is 6.10 Å². The van der Waals surface area contributed by atoms with Crippen LogP contribution in [0.1, 0.15) is 25.0 Å². The van der Waals surface area contributed by atoms with Gasteiger partial charge in [0.2, 0.25) is 0 Å². The Morgan fingerprint density at radius 1 is 1.07 bits per heavy atom. The van der Waals surface area contributed by atoms with Crippen LogP contribution in [0.2, 0.25) is 0 Å². The molecule has 3 rings (SSSR count). The summed E-state index contributed by atoms with van der Waals surface area (Å²) in [4.78, 5) is 13.2. The highest BCUT2D eigenvalue weighted by atomic mass is 32.1. The Morgan fingerprint density at radius 3 is 2.46 bits per heavy atom. The predicted molar refractivity (Wildman–Crippen MR) is 119 cm³/mol. The van der Waals surface area contributed by atoms with Crippen molar-refractivity contribution >= 4 is 31.5 Å². The van der Waals surface area contributed by atoms with Crippen molar-refractivity contribution in [1.29, 1.82) is 0 Å². The van der Waals surface area contributed by atoms with E-state index in [0.29, 0.717) is 22.2 Å². The summed E-state index contributed by atoms with van der Waals surface area (Å²) in [7, 11) is 6.10. The molecule has 1 atom stereocenters. The number of hydrogen-bond acceptors (Lipinski definition) is 4. The number of quaternary nitrogens is 1. The average molecular weight is 401 g/mol. The summed E-state index contributed by atoms with van der Waals surface area (Å²) in [5, 5.41) is 11.7. The first-order valence-electron chi connectivity index (χ1n) is 9.85. The van der Waals surface area contributed by atoms with Gasteiger partial charge in [-0.2, -0.15) is 0 Å². The van der Waals surface area contributed by atoms with Gasteiger partial charge >= 0.3 is 0 Å². The highest BCUT2D eigenvalue weighted by molar-refractivity contribution is 7.24. The molecule has 1 N–H and O–H groups in total. The minimum Gasteiger partial charge on any atom is -0.491 e. The largest absolute Gasteiger partial charge is 0.491 e. The summed E-state index contributed by atoms with van der Waals surface area (Å²) in [5.41, 5.74) is 2.50. The Bertz CT molecular complexity index is 1050. The molecule has 0 spiro atoms. The Balaban J connectivity index is 1.98. The van der Waals surface area contributed by atoms with Gasteiger partial charge in [0.25, 0.3) is 0 Å². The van der Waals surface area contributed by atoms with Crippen LogP contribution >= 0.6 is 11.3 Å². The van der Waals surface area contributed by atoms with Gasteiger partial charge in [-0.25, -0.2) is 0 Å². The summed E-state index contributed by atoms with van der Waals surface area (Å²) in [5.74, 6) is 0.624. The van der Waals surface area contributed by atoms with Crippen molar-refractivity contribution in [3.63, 3.8) is 0 Å². The summed E-state index contributed by atoms with van der Waals surface area (Å²) in [6, 6.07) is 9.91. The number of benzene rings is 2. The lowest BCUT2D eigenvalue weighted by Crippen LogP contribution is -2.43. The number of aliphatic hydroxyl groups excluding tert-OH is 1. The van der Waals surface area contributed by atoms with Crippen LogP contribution < -0.4 is 10.2 Å². The molecule has 0 radical (unpaired) electrons. The first-order chi connectivity index (χ1) is 13.2. The quantitative estimate of drug-likeness (QED) is 0.482. The molecule has 28 heavy (non-hydrogen) atoms. The van der Waals surface area contributed by atoms with Crippen LogP contribution in [0.5, 0.6) is 5.75 Å². The fourth-order valence-corrected chi connectivity index (χ4v) is 4.72. The maximum absolute atomic E-state index is 13.2. The summed E-state index contributed by atoms with van der Waals surface area (Å²) >= 11 is 1.67. The van der Waals surface area contributed by atoms with Crippen molar-refractivity contribution < 1.29 is 14.3 Å². The van der Waals surface area contributed by atoms with Gasteiger partial charge in [-0.3, -0.25) is 4.79 Å². The lowest BCUT2D eigenvalue weighted by molar-refractivity contribution is -0.873. The Morgan fingerprint density at radius 2 is 1.82 bits per heavy atom. The molecule has 1 aromatic heterocycles. The zero-order chi connectivity index (χ0) is 20.5. The third kappa shape index (κ3) is 4.54. The third-order valence-corrected chi connectivity index (χ3v) is 6.13. The number of aliphatic hydroxyl groups is 1. The predicted octanol–water partition coefficient (Wildman–Crippen LogP) is 3.99. The SMILES string of the molecule is CCc1cc(CC)c2sc3ccc(OCC(O)C[N+](C)(C)C)cc3c(=O)c2c1. The molecule has 0 bridgehead atoms. The van der Waals surface area contributed by atoms with E-state index in [0.717, 1.165) is 27.6 Å². The van der Waals surface area contributed by atoms with Crippen LogP contribution in [0.15, 0.2) is 35.1 Å². The van der Waals surface area contributed by atoms with Gasteiger partial charge in [0.05, 0.1) is 21.1 Å². The van der Waals surface area contributed by atoms with E-state index in [4.69, 9.17) is 4.74 Å². The van der Waals surface area contributed by atoms with E-state index in [1.807, 2.05) is 45.4 Å². The second-order valence-corrected chi connectivity index (χ2v) is 9.42. The van der Waals surface area contributed by atoms with Crippen LogP contribution in [0, 0.1) is 0 Å². The number of likely N-dealkylation sites (N-methyl/N-ethyl adjacent to an activating group) is 1. The molecule has 0 fully saturated rings. The second-order valence-electron chi connectivity index (χ2n) is 8.37. The minimum absolute atomic E-state index is 0.0612. The third-order valence-electron chi connectivity index (χ3n) is 4.87. The number of aryl methyl sites for hydroxylation is 2. The van der Waals surface area contributed by atoms with Crippen molar-refractivity contribution in [2.45, 2.75) is 32.8 Å². The molecule has 4 nitrogen and oxygen atoms in total. The van der Waals surface area contributed by atoms with Gasteiger partial charge in [0.1, 0.15) is 25.0 Å². The van der Waals surface area contributed by atoms with E-state index in [1.165, 1.54) is 11.1 Å². The van der Waals surface area contributed by atoms with Crippen LogP contribution in [0.25, 0.3) is 20.2 Å². The topological polar surface area (TPSA) is 46.5 Å². The molecule has 0 aliphatic rings. The van der Waals surface area contributed by atoms with Crippen molar-refractivity contribution in [2.75, 3.05) is 34.3 Å². The van der Waals surface area contributed by atoms with Crippen molar-refractivity contribution in [1.82, 2.24) is 0 Å². The monoisotopic (exact) mass is 400 g/mol. The molecule has 0 saturated carbocycles. The maximum atomic E-state index is 13.2. The normalized spacial score (nSPS) is 13.2. The van der Waals surface area contributed by atoms with E-state index in [1.54, 1.807) is 11.3 Å². The van der Waals surface area contributed by atoms with Crippen molar-refractivity contribution in [2.24, 2.45) is 0 Å². The van der Waals surface area contributed by atoms with Gasteiger partial charge in [0, 0.05) is 20.2 Å². The number of rotatable bonds is 7. The molecule has 1 heterocycles. The first-order valence-corrected chi connectivity index (χ1v) is 10.7. The molecule has 5 heteroatoms. The molecule has 0 aliphatic heterocycles. The molecular formula is C23H30NO3S+. The molecule has 1 unspecified atom stereocenters. The van der Waals surface area contributed by atoms with E-state index >= 15 is 0 Å². The fraction of sp³-hybridized carbons (Fsp3) is 0.435. The molecular weight excluding hydrogens is 370 g/mol. The molecule has 2 aromatic carbocycles. The summed E-state index contributed by atoms with van der Waals surface area (Å²) < 4.78 is 8.51. The first kappa shape index (κ1) is 20.8. The Kier molecular flexibility index (Phi) is 6.08. The molecule has 3 aromatic rings. The van der Waals surface area contributed by atoms with Gasteiger partial charge in [-0.05, 0) is 48.2 Å². The number of nitrogens with zero attached hydrogens (tertiary/aromatic N) is 1. The molecule has 0 aliphatic carbocycles. The van der Waals surface area contributed by atoms with Crippen molar-refractivity contribution in [3.8, 4) is 5.75 Å². The Hall–Kier alpha value is -1.95. The average Bonchev–Trinajstić information content (AvgIpc) is 2.64. The van der Waals surface area contributed by atoms with Gasteiger partial charge < -0.3 is 14.3 Å². The number of fused-ring (bicyclic) bond motifs is 2. The summed E-state index contributed by atoms with van der Waals surface area (Å²) in [6.45, 7) is 5.07. The molecule has 0 amide bonds. The van der Waals surface area contributed by atoms with Gasteiger partial charge in [-0.1, -0.05) is 19.9 Å². The Labute approximate surface area is 170 Å². The minimum atomic E-state index is -0.555. The molecule has 0 saturated heterocycles. The van der Waals surface area contributed by atoms with Gasteiger partial charge in [-0.15, -0.1) is 11.3 Å². The zero-order valence-electron chi connectivity index (χ0n) is 17.4. The molecule has 150 valence electrons. The standard InChI is InChI=1S/C23H30NO3S/c1-6-15-10-16(7-2)23-20(11-15)22(26)19-12-18(8-9-21(19)28-23)27-14-17(25)13-24(3,4)5/h8-12,17,25H,6-7,13-14H2,1-5H3/q+1. The lowest BCUT2D eigenvalue weighted by atomic mass is 10.0. The smallest absolute Gasteiger partial charge is 0.196 e. The van der Waals surface area contributed by atoms with Crippen LogP contribution in [0.3, 0.4) is 0 Å². The maximum Gasteiger partial charge on any atom is 0.196 e. The number of hydrogen-bond donors (Lipinski definition) is 1. The summed E-state index contributed by atoms with van der Waals surface area (Å²) in [6.07, 6.45) is 1.27.